The fraction of sp³-hybridized carbons (Fsp3) is 0.412. The Morgan fingerprint density at radius 3 is 2.82 bits per heavy atom. The Kier molecular flexibility index (Phi) is 3.50. The van der Waals surface area contributed by atoms with E-state index in [1.807, 2.05) is 24.3 Å². The molecular weight excluding hydrogens is 323 g/mol. The van der Waals surface area contributed by atoms with E-state index in [2.05, 4.69) is 0 Å². The number of halogens is 2. The van der Waals surface area contributed by atoms with Crippen LogP contribution in [0.1, 0.15) is 19.3 Å². The van der Waals surface area contributed by atoms with Gasteiger partial charge in [0.15, 0.2) is 6.79 Å². The highest BCUT2D eigenvalue weighted by atomic mass is 35.5. The third kappa shape index (κ3) is 2.37. The Balaban J connectivity index is 1.95. The van der Waals surface area contributed by atoms with Crippen LogP contribution in [0.15, 0.2) is 57.4 Å². The molecule has 1 N–H and O–H groups in total. The summed E-state index contributed by atoms with van der Waals surface area (Å²) < 4.78 is 11.2. The summed E-state index contributed by atoms with van der Waals surface area (Å²) in [5.41, 5.74) is 1.57. The van der Waals surface area contributed by atoms with Gasteiger partial charge in [-0.25, -0.2) is 0 Å². The lowest BCUT2D eigenvalue weighted by Gasteiger charge is -2.39. The first-order chi connectivity index (χ1) is 10.6. The maximum atomic E-state index is 11.4. The lowest BCUT2D eigenvalue weighted by Crippen LogP contribution is -2.39. The van der Waals surface area contributed by atoms with Crippen molar-refractivity contribution < 1.29 is 14.6 Å². The van der Waals surface area contributed by atoms with Crippen molar-refractivity contribution in [1.29, 1.82) is 0 Å². The van der Waals surface area contributed by atoms with Crippen molar-refractivity contribution in [3.63, 3.8) is 0 Å². The molecule has 116 valence electrons. The zero-order valence-corrected chi connectivity index (χ0v) is 13.4. The molecule has 0 aromatic rings. The van der Waals surface area contributed by atoms with Crippen molar-refractivity contribution >= 4 is 23.2 Å². The minimum Gasteiger partial charge on any atom is -0.474 e. The van der Waals surface area contributed by atoms with Crippen molar-refractivity contribution in [3.05, 3.63) is 57.4 Å². The summed E-state index contributed by atoms with van der Waals surface area (Å²) in [6.07, 6.45) is 11.2. The second-order valence-electron chi connectivity index (χ2n) is 6.13. The van der Waals surface area contributed by atoms with Crippen LogP contribution in [0.4, 0.5) is 0 Å². The summed E-state index contributed by atoms with van der Waals surface area (Å²) >= 11 is 12.5. The Morgan fingerprint density at radius 1 is 1.23 bits per heavy atom. The molecule has 5 heteroatoms. The number of hydrogen-bond acceptors (Lipinski definition) is 3. The first kappa shape index (κ1) is 14.6. The normalized spacial score (nSPS) is 34.5. The number of aliphatic hydroxyl groups is 1. The highest BCUT2D eigenvalue weighted by Crippen LogP contribution is 2.53. The largest absolute Gasteiger partial charge is 0.474 e. The third-order valence-electron chi connectivity index (χ3n) is 4.57. The standard InChI is InChI=1S/C17H16Cl2O3/c18-12-3-4-15-14(6-12)16-10(8-21-9-22-15)5-13(19)7-17(16,20)11-1-2-11/h3-6,8,11,15,20H,1-2,7,9H2. The van der Waals surface area contributed by atoms with E-state index in [0.717, 1.165) is 29.6 Å². The van der Waals surface area contributed by atoms with Crippen molar-refractivity contribution in [2.45, 2.75) is 31.0 Å². The molecule has 0 spiro atoms. The monoisotopic (exact) mass is 338 g/mol. The average Bonchev–Trinajstić information content (AvgIpc) is 3.27. The number of fused-ring (bicyclic) bond motifs is 2. The number of rotatable bonds is 1. The molecule has 22 heavy (non-hydrogen) atoms. The predicted octanol–water partition coefficient (Wildman–Crippen LogP) is 3.90. The molecule has 0 amide bonds. The van der Waals surface area contributed by atoms with Gasteiger partial charge in [-0.3, -0.25) is 0 Å². The Bertz CT molecular complexity index is 667. The van der Waals surface area contributed by atoms with Gasteiger partial charge < -0.3 is 14.6 Å². The van der Waals surface area contributed by atoms with Crippen molar-refractivity contribution in [3.8, 4) is 0 Å². The van der Waals surface area contributed by atoms with E-state index >= 15 is 0 Å². The van der Waals surface area contributed by atoms with Crippen LogP contribution in [0.25, 0.3) is 0 Å². The summed E-state index contributed by atoms with van der Waals surface area (Å²) in [5.74, 6) is 0.221. The van der Waals surface area contributed by atoms with Gasteiger partial charge in [-0.1, -0.05) is 23.2 Å². The van der Waals surface area contributed by atoms with E-state index in [-0.39, 0.29) is 18.8 Å². The van der Waals surface area contributed by atoms with Crippen LogP contribution in [0.3, 0.4) is 0 Å². The zero-order chi connectivity index (χ0) is 15.3. The van der Waals surface area contributed by atoms with E-state index in [0.29, 0.717) is 16.5 Å². The SMILES string of the molecule is OC1(C2CC2)CC(Cl)=CC2=COCOC3C=CC(Cl)=CC3=C21. The molecule has 1 aliphatic heterocycles. The summed E-state index contributed by atoms with van der Waals surface area (Å²) in [7, 11) is 0. The fourth-order valence-corrected chi connectivity index (χ4v) is 3.98. The molecule has 3 aliphatic carbocycles. The summed E-state index contributed by atoms with van der Waals surface area (Å²) in [6, 6.07) is 0. The van der Waals surface area contributed by atoms with Gasteiger partial charge in [-0.15, -0.1) is 0 Å². The lowest BCUT2D eigenvalue weighted by molar-refractivity contribution is -0.0315. The molecule has 2 atom stereocenters. The van der Waals surface area contributed by atoms with Crippen molar-refractivity contribution in [1.82, 2.24) is 0 Å². The van der Waals surface area contributed by atoms with E-state index in [1.165, 1.54) is 0 Å². The molecule has 1 saturated carbocycles. The van der Waals surface area contributed by atoms with Crippen LogP contribution in [-0.4, -0.2) is 23.6 Å². The van der Waals surface area contributed by atoms with Gasteiger partial charge in [0, 0.05) is 27.6 Å². The first-order valence-corrected chi connectivity index (χ1v) is 8.16. The summed E-state index contributed by atoms with van der Waals surface area (Å²) in [4.78, 5) is 0. The molecule has 4 aliphatic rings. The van der Waals surface area contributed by atoms with Crippen LogP contribution in [0, 0.1) is 5.92 Å². The Hall–Kier alpha value is -1.00. The zero-order valence-electron chi connectivity index (χ0n) is 11.9. The highest BCUT2D eigenvalue weighted by molar-refractivity contribution is 6.31. The smallest absolute Gasteiger partial charge is 0.189 e. The molecule has 0 aromatic heterocycles. The predicted molar refractivity (Wildman–Crippen MR) is 85.2 cm³/mol. The van der Waals surface area contributed by atoms with Gasteiger partial charge in [-0.2, -0.15) is 0 Å². The third-order valence-corrected chi connectivity index (χ3v) is 5.05. The average molecular weight is 339 g/mol. The molecular formula is C17H16Cl2O3. The van der Waals surface area contributed by atoms with Gasteiger partial charge in [0.1, 0.15) is 6.10 Å². The van der Waals surface area contributed by atoms with Crippen LogP contribution in [0.2, 0.25) is 0 Å². The second-order valence-corrected chi connectivity index (χ2v) is 7.05. The molecule has 1 fully saturated rings. The molecule has 4 rings (SSSR count). The van der Waals surface area contributed by atoms with Gasteiger partial charge in [0.05, 0.1) is 11.9 Å². The molecule has 2 unspecified atom stereocenters. The Labute approximate surface area is 139 Å². The van der Waals surface area contributed by atoms with E-state index in [9.17, 15) is 5.11 Å². The molecule has 1 heterocycles. The van der Waals surface area contributed by atoms with Crippen LogP contribution >= 0.6 is 23.2 Å². The summed E-state index contributed by atoms with van der Waals surface area (Å²) in [6.45, 7) is 0.147. The minimum absolute atomic E-state index is 0.147. The molecule has 0 bridgehead atoms. The second kappa shape index (κ2) is 5.27. The van der Waals surface area contributed by atoms with Gasteiger partial charge in [-0.05, 0) is 48.6 Å². The maximum absolute atomic E-state index is 11.4. The molecule has 0 radical (unpaired) electrons. The van der Waals surface area contributed by atoms with E-state index < -0.39 is 5.60 Å². The molecule has 3 nitrogen and oxygen atoms in total. The number of ether oxygens (including phenoxy) is 2. The van der Waals surface area contributed by atoms with Crippen molar-refractivity contribution in [2.75, 3.05) is 6.79 Å². The molecule has 0 aromatic carbocycles. The fourth-order valence-electron chi connectivity index (χ4n) is 3.46. The van der Waals surface area contributed by atoms with Gasteiger partial charge >= 0.3 is 0 Å². The van der Waals surface area contributed by atoms with Crippen LogP contribution in [0.5, 0.6) is 0 Å². The van der Waals surface area contributed by atoms with Crippen LogP contribution < -0.4 is 0 Å². The summed E-state index contributed by atoms with van der Waals surface area (Å²) in [5, 5.41) is 12.7. The van der Waals surface area contributed by atoms with Crippen molar-refractivity contribution in [2.24, 2.45) is 5.92 Å². The first-order valence-electron chi connectivity index (χ1n) is 7.40. The van der Waals surface area contributed by atoms with E-state index in [1.54, 1.807) is 6.26 Å². The highest BCUT2D eigenvalue weighted by Gasteiger charge is 2.50. The topological polar surface area (TPSA) is 38.7 Å². The van der Waals surface area contributed by atoms with Gasteiger partial charge in [0.25, 0.3) is 0 Å². The van der Waals surface area contributed by atoms with Crippen LogP contribution in [-0.2, 0) is 9.47 Å². The Morgan fingerprint density at radius 2 is 2.05 bits per heavy atom. The minimum atomic E-state index is -0.978. The van der Waals surface area contributed by atoms with E-state index in [4.69, 9.17) is 32.7 Å². The number of allylic oxidation sites excluding steroid dienone is 3. The maximum Gasteiger partial charge on any atom is 0.189 e. The van der Waals surface area contributed by atoms with Gasteiger partial charge in [0.2, 0.25) is 0 Å². The molecule has 0 saturated heterocycles. The lowest BCUT2D eigenvalue weighted by atomic mass is 9.74. The quantitative estimate of drug-likeness (QED) is 0.787. The number of hydrogen-bond donors (Lipinski definition) is 1.